The van der Waals surface area contributed by atoms with Gasteiger partial charge in [0.05, 0.1) is 11.6 Å². The van der Waals surface area contributed by atoms with Crippen LogP contribution in [0.2, 0.25) is 0 Å². The second-order valence-corrected chi connectivity index (χ2v) is 3.49. The highest BCUT2D eigenvalue weighted by atomic mass is 79.9. The molecule has 0 aromatic heterocycles. The summed E-state index contributed by atoms with van der Waals surface area (Å²) in [6.07, 6.45) is 0. The molecule has 0 atom stereocenters. The smallest absolute Gasteiger partial charge is 0.341 e. The number of rotatable bonds is 4. The third-order valence-corrected chi connectivity index (χ3v) is 2.20. The SMILES string of the molecule is COc1cc(Br)c(OCC(=O)O)cc1O. The average molecular weight is 277 g/mol. The van der Waals surface area contributed by atoms with E-state index in [-0.39, 0.29) is 17.2 Å². The maximum Gasteiger partial charge on any atom is 0.341 e. The summed E-state index contributed by atoms with van der Waals surface area (Å²) >= 11 is 3.16. The topological polar surface area (TPSA) is 76.0 Å². The Kier molecular flexibility index (Phi) is 3.79. The summed E-state index contributed by atoms with van der Waals surface area (Å²) in [5, 5.41) is 17.8. The molecule has 0 fully saturated rings. The van der Waals surface area contributed by atoms with Crippen LogP contribution in [0.3, 0.4) is 0 Å². The number of benzene rings is 1. The Morgan fingerprint density at radius 3 is 2.67 bits per heavy atom. The number of aliphatic carboxylic acids is 1. The van der Waals surface area contributed by atoms with Crippen LogP contribution in [0.1, 0.15) is 0 Å². The average Bonchev–Trinajstić information content (AvgIpc) is 2.18. The lowest BCUT2D eigenvalue weighted by molar-refractivity contribution is -0.139. The zero-order valence-corrected chi connectivity index (χ0v) is 9.44. The molecule has 0 saturated carbocycles. The first-order valence-corrected chi connectivity index (χ1v) is 4.75. The van der Waals surface area contributed by atoms with E-state index in [1.165, 1.54) is 19.2 Å². The van der Waals surface area contributed by atoms with Gasteiger partial charge in [-0.25, -0.2) is 4.79 Å². The normalized spacial score (nSPS) is 9.73. The molecule has 15 heavy (non-hydrogen) atoms. The van der Waals surface area contributed by atoms with E-state index in [0.29, 0.717) is 4.47 Å². The van der Waals surface area contributed by atoms with Crippen LogP contribution in [-0.4, -0.2) is 29.9 Å². The molecule has 0 saturated heterocycles. The van der Waals surface area contributed by atoms with Crippen molar-refractivity contribution in [1.29, 1.82) is 0 Å². The number of ether oxygens (including phenoxy) is 2. The molecule has 0 amide bonds. The van der Waals surface area contributed by atoms with Crippen LogP contribution in [0.25, 0.3) is 0 Å². The van der Waals surface area contributed by atoms with Gasteiger partial charge in [0.15, 0.2) is 18.1 Å². The number of carboxylic acids is 1. The summed E-state index contributed by atoms with van der Waals surface area (Å²) < 4.78 is 10.3. The van der Waals surface area contributed by atoms with Crippen molar-refractivity contribution in [2.75, 3.05) is 13.7 Å². The fourth-order valence-electron chi connectivity index (χ4n) is 0.938. The van der Waals surface area contributed by atoms with E-state index in [0.717, 1.165) is 0 Å². The number of carbonyl (C=O) groups is 1. The molecule has 1 rings (SSSR count). The summed E-state index contributed by atoms with van der Waals surface area (Å²) in [6.45, 7) is -0.468. The minimum absolute atomic E-state index is 0.110. The first-order valence-electron chi connectivity index (χ1n) is 3.95. The molecule has 0 aliphatic rings. The largest absolute Gasteiger partial charge is 0.504 e. The van der Waals surface area contributed by atoms with Gasteiger partial charge in [0.2, 0.25) is 0 Å². The van der Waals surface area contributed by atoms with Crippen LogP contribution in [0.15, 0.2) is 16.6 Å². The Balaban J connectivity index is 2.90. The molecule has 6 heteroatoms. The van der Waals surface area contributed by atoms with E-state index in [4.69, 9.17) is 14.6 Å². The fourth-order valence-corrected chi connectivity index (χ4v) is 1.37. The van der Waals surface area contributed by atoms with E-state index in [9.17, 15) is 9.90 Å². The summed E-state index contributed by atoms with van der Waals surface area (Å²) in [4.78, 5) is 10.3. The van der Waals surface area contributed by atoms with Crippen LogP contribution in [0, 0.1) is 0 Å². The molecule has 0 bridgehead atoms. The van der Waals surface area contributed by atoms with Gasteiger partial charge in [0.25, 0.3) is 0 Å². The lowest BCUT2D eigenvalue weighted by Crippen LogP contribution is -2.09. The number of methoxy groups -OCH3 is 1. The Morgan fingerprint density at radius 2 is 2.13 bits per heavy atom. The number of aromatic hydroxyl groups is 1. The van der Waals surface area contributed by atoms with Crippen molar-refractivity contribution in [3.63, 3.8) is 0 Å². The van der Waals surface area contributed by atoms with E-state index in [2.05, 4.69) is 15.9 Å². The Hall–Kier alpha value is -1.43. The van der Waals surface area contributed by atoms with Gasteiger partial charge in [-0.1, -0.05) is 0 Å². The maximum atomic E-state index is 10.3. The van der Waals surface area contributed by atoms with Crippen LogP contribution >= 0.6 is 15.9 Å². The predicted octanol–water partition coefficient (Wildman–Crippen LogP) is 1.63. The monoisotopic (exact) mass is 276 g/mol. The molecular weight excluding hydrogens is 268 g/mol. The number of phenols is 1. The zero-order valence-electron chi connectivity index (χ0n) is 7.86. The summed E-state index contributed by atoms with van der Waals surface area (Å²) in [7, 11) is 1.42. The molecule has 0 radical (unpaired) electrons. The van der Waals surface area contributed by atoms with Crippen LogP contribution in [-0.2, 0) is 4.79 Å². The van der Waals surface area contributed by atoms with Gasteiger partial charge in [-0.2, -0.15) is 0 Å². The van der Waals surface area contributed by atoms with Crippen molar-refractivity contribution in [3.8, 4) is 17.2 Å². The second kappa shape index (κ2) is 4.88. The molecule has 0 aliphatic carbocycles. The van der Waals surface area contributed by atoms with Gasteiger partial charge in [0.1, 0.15) is 5.75 Å². The van der Waals surface area contributed by atoms with E-state index < -0.39 is 12.6 Å². The minimum atomic E-state index is -1.09. The van der Waals surface area contributed by atoms with Crippen molar-refractivity contribution in [1.82, 2.24) is 0 Å². The van der Waals surface area contributed by atoms with Crippen molar-refractivity contribution >= 4 is 21.9 Å². The highest BCUT2D eigenvalue weighted by molar-refractivity contribution is 9.10. The Bertz CT molecular complexity index is 377. The van der Waals surface area contributed by atoms with Crippen molar-refractivity contribution in [3.05, 3.63) is 16.6 Å². The third kappa shape index (κ3) is 3.02. The Labute approximate surface area is 94.4 Å². The molecule has 0 heterocycles. The number of hydrogen-bond acceptors (Lipinski definition) is 4. The first-order chi connectivity index (χ1) is 7.04. The van der Waals surface area contributed by atoms with Gasteiger partial charge in [-0.05, 0) is 15.9 Å². The lowest BCUT2D eigenvalue weighted by Gasteiger charge is -2.09. The number of hydrogen-bond donors (Lipinski definition) is 2. The van der Waals surface area contributed by atoms with Crippen molar-refractivity contribution in [2.45, 2.75) is 0 Å². The highest BCUT2D eigenvalue weighted by Gasteiger charge is 2.10. The minimum Gasteiger partial charge on any atom is -0.504 e. The van der Waals surface area contributed by atoms with Gasteiger partial charge < -0.3 is 19.7 Å². The standard InChI is InChI=1S/C9H9BrO5/c1-14-8-2-5(10)7(3-6(8)11)15-4-9(12)13/h2-3,11H,4H2,1H3,(H,12,13). The highest BCUT2D eigenvalue weighted by Crippen LogP contribution is 2.36. The first kappa shape index (κ1) is 11.6. The molecule has 0 aliphatic heterocycles. The number of halogens is 1. The van der Waals surface area contributed by atoms with Crippen LogP contribution in [0.4, 0.5) is 0 Å². The molecule has 2 N–H and O–H groups in total. The molecule has 0 spiro atoms. The molecule has 1 aromatic rings. The molecule has 0 unspecified atom stereocenters. The van der Waals surface area contributed by atoms with E-state index in [1.54, 1.807) is 0 Å². The molecule has 82 valence electrons. The fraction of sp³-hybridized carbons (Fsp3) is 0.222. The van der Waals surface area contributed by atoms with Crippen LogP contribution < -0.4 is 9.47 Å². The summed E-state index contributed by atoms with van der Waals surface area (Å²) in [5.74, 6) is -0.668. The Morgan fingerprint density at radius 1 is 1.47 bits per heavy atom. The molecular formula is C9H9BrO5. The van der Waals surface area contributed by atoms with Crippen LogP contribution in [0.5, 0.6) is 17.2 Å². The van der Waals surface area contributed by atoms with Gasteiger partial charge in [-0.15, -0.1) is 0 Å². The molecule has 1 aromatic carbocycles. The number of phenolic OH excluding ortho intramolecular Hbond substituents is 1. The van der Waals surface area contributed by atoms with Crippen molar-refractivity contribution < 1.29 is 24.5 Å². The summed E-state index contributed by atoms with van der Waals surface area (Å²) in [6, 6.07) is 2.78. The second-order valence-electron chi connectivity index (χ2n) is 2.64. The maximum absolute atomic E-state index is 10.3. The number of carboxylic acid groups (broad SMARTS) is 1. The molecule has 5 nitrogen and oxygen atoms in total. The predicted molar refractivity (Wildman–Crippen MR) is 55.5 cm³/mol. The quantitative estimate of drug-likeness (QED) is 0.874. The van der Waals surface area contributed by atoms with Gasteiger partial charge in [-0.3, -0.25) is 0 Å². The zero-order chi connectivity index (χ0) is 11.4. The summed E-state index contributed by atoms with van der Waals surface area (Å²) in [5.41, 5.74) is 0. The van der Waals surface area contributed by atoms with Gasteiger partial charge >= 0.3 is 5.97 Å². The third-order valence-electron chi connectivity index (χ3n) is 1.58. The van der Waals surface area contributed by atoms with Crippen molar-refractivity contribution in [2.24, 2.45) is 0 Å². The lowest BCUT2D eigenvalue weighted by atomic mass is 10.3. The van der Waals surface area contributed by atoms with Gasteiger partial charge in [0, 0.05) is 12.1 Å². The van der Waals surface area contributed by atoms with E-state index >= 15 is 0 Å². The van der Waals surface area contributed by atoms with E-state index in [1.807, 2.05) is 0 Å².